The molecule has 2 heterocycles. The lowest BCUT2D eigenvalue weighted by Crippen LogP contribution is -2.54. The Morgan fingerprint density at radius 1 is 1.15 bits per heavy atom. The van der Waals surface area contributed by atoms with E-state index in [1.807, 2.05) is 6.92 Å². The maximum atomic E-state index is 12.7. The van der Waals surface area contributed by atoms with Gasteiger partial charge in [0.05, 0.1) is 12.6 Å². The summed E-state index contributed by atoms with van der Waals surface area (Å²) in [6.07, 6.45) is 6.44. The lowest BCUT2D eigenvalue weighted by Gasteiger charge is -2.42. The van der Waals surface area contributed by atoms with E-state index in [-0.39, 0.29) is 18.1 Å². The van der Waals surface area contributed by atoms with Crippen molar-refractivity contribution in [1.82, 2.24) is 9.80 Å². The summed E-state index contributed by atoms with van der Waals surface area (Å²) in [7, 11) is 0. The fourth-order valence-corrected chi connectivity index (χ4v) is 3.93. The van der Waals surface area contributed by atoms with E-state index < -0.39 is 0 Å². The van der Waals surface area contributed by atoms with Crippen molar-refractivity contribution in [2.75, 3.05) is 13.1 Å². The van der Waals surface area contributed by atoms with Crippen LogP contribution >= 0.6 is 0 Å². The molecule has 2 aliphatic rings. The summed E-state index contributed by atoms with van der Waals surface area (Å²) >= 11 is 0. The average Bonchev–Trinajstić information content (AvgIpc) is 2.38. The van der Waals surface area contributed by atoms with Crippen molar-refractivity contribution in [3.63, 3.8) is 0 Å². The smallest absolute Gasteiger partial charge is 0.237 e. The van der Waals surface area contributed by atoms with Gasteiger partial charge in [0.25, 0.3) is 0 Å². The van der Waals surface area contributed by atoms with Crippen LogP contribution in [-0.4, -0.2) is 58.1 Å². The molecular formula is C16H30N2O2. The zero-order valence-electron chi connectivity index (χ0n) is 13.2. The molecule has 0 radical (unpaired) electrons. The van der Waals surface area contributed by atoms with Crippen molar-refractivity contribution in [3.05, 3.63) is 0 Å². The van der Waals surface area contributed by atoms with Gasteiger partial charge in [0.15, 0.2) is 0 Å². The summed E-state index contributed by atoms with van der Waals surface area (Å²) in [5.74, 6) is 0.247. The first-order valence-corrected chi connectivity index (χ1v) is 8.24. The molecule has 4 unspecified atom stereocenters. The molecule has 4 heteroatoms. The van der Waals surface area contributed by atoms with Gasteiger partial charge >= 0.3 is 0 Å². The molecule has 2 fully saturated rings. The monoisotopic (exact) mass is 282 g/mol. The summed E-state index contributed by atoms with van der Waals surface area (Å²) in [6, 6.07) is 0.880. The Morgan fingerprint density at radius 2 is 1.80 bits per heavy atom. The van der Waals surface area contributed by atoms with Gasteiger partial charge in [-0.25, -0.2) is 0 Å². The van der Waals surface area contributed by atoms with Gasteiger partial charge in [0, 0.05) is 18.1 Å². The second-order valence-electron chi connectivity index (χ2n) is 6.70. The van der Waals surface area contributed by atoms with Crippen molar-refractivity contribution >= 4 is 5.91 Å². The Labute approximate surface area is 123 Å². The molecule has 1 N–H and O–H groups in total. The van der Waals surface area contributed by atoms with Crippen molar-refractivity contribution in [1.29, 1.82) is 0 Å². The Hall–Kier alpha value is -0.610. The molecule has 0 spiro atoms. The summed E-state index contributed by atoms with van der Waals surface area (Å²) in [5.41, 5.74) is 0. The molecule has 4 atom stereocenters. The van der Waals surface area contributed by atoms with Gasteiger partial charge in [0.1, 0.15) is 0 Å². The third-order valence-electron chi connectivity index (χ3n) is 5.04. The largest absolute Gasteiger partial charge is 0.392 e. The van der Waals surface area contributed by atoms with Gasteiger partial charge in [-0.1, -0.05) is 6.42 Å². The highest BCUT2D eigenvalue weighted by Gasteiger charge is 2.33. The molecule has 1 amide bonds. The lowest BCUT2D eigenvalue weighted by molar-refractivity contribution is -0.140. The highest BCUT2D eigenvalue weighted by atomic mass is 16.3. The minimum atomic E-state index is -0.348. The van der Waals surface area contributed by atoms with E-state index in [2.05, 4.69) is 23.6 Å². The fraction of sp³-hybridized carbons (Fsp3) is 0.938. The topological polar surface area (TPSA) is 43.8 Å². The van der Waals surface area contributed by atoms with Gasteiger partial charge in [-0.05, 0) is 59.4 Å². The van der Waals surface area contributed by atoms with E-state index in [0.29, 0.717) is 18.6 Å². The van der Waals surface area contributed by atoms with Crippen LogP contribution in [0.1, 0.15) is 59.3 Å². The molecule has 2 saturated heterocycles. The zero-order valence-corrected chi connectivity index (χ0v) is 13.2. The van der Waals surface area contributed by atoms with E-state index in [1.165, 1.54) is 6.42 Å². The molecule has 2 rings (SSSR count). The van der Waals surface area contributed by atoms with Crippen LogP contribution in [0.3, 0.4) is 0 Å². The van der Waals surface area contributed by atoms with Crippen LogP contribution < -0.4 is 0 Å². The molecule has 4 nitrogen and oxygen atoms in total. The molecule has 0 aliphatic carbocycles. The number of aliphatic hydroxyl groups is 1. The number of hydrogen-bond acceptors (Lipinski definition) is 3. The molecule has 0 saturated carbocycles. The molecule has 20 heavy (non-hydrogen) atoms. The fourth-order valence-electron chi connectivity index (χ4n) is 3.93. The summed E-state index contributed by atoms with van der Waals surface area (Å²) < 4.78 is 0. The van der Waals surface area contributed by atoms with Gasteiger partial charge in [-0.2, -0.15) is 0 Å². The van der Waals surface area contributed by atoms with E-state index in [1.54, 1.807) is 0 Å². The van der Waals surface area contributed by atoms with Crippen molar-refractivity contribution < 1.29 is 9.90 Å². The first kappa shape index (κ1) is 15.8. The average molecular weight is 282 g/mol. The number of carbonyl (C=O) groups excluding carboxylic acids is 1. The molecule has 0 bridgehead atoms. The van der Waals surface area contributed by atoms with Crippen LogP contribution in [0.2, 0.25) is 0 Å². The number of amides is 1. The van der Waals surface area contributed by atoms with E-state index in [4.69, 9.17) is 0 Å². The van der Waals surface area contributed by atoms with Crippen molar-refractivity contribution in [2.24, 2.45) is 0 Å². The molecule has 0 aromatic rings. The molecule has 2 aliphatic heterocycles. The van der Waals surface area contributed by atoms with E-state index in [0.717, 1.165) is 38.6 Å². The van der Waals surface area contributed by atoms with Crippen molar-refractivity contribution in [3.8, 4) is 0 Å². The third kappa shape index (κ3) is 3.53. The number of likely N-dealkylation sites (tertiary alicyclic amines) is 2. The SMILES string of the molecule is CC(O)C1CCCCN1CC(=O)N1C(C)CCCC1C. The van der Waals surface area contributed by atoms with Gasteiger partial charge < -0.3 is 10.0 Å². The summed E-state index contributed by atoms with van der Waals surface area (Å²) in [6.45, 7) is 7.59. The highest BCUT2D eigenvalue weighted by molar-refractivity contribution is 5.79. The Bertz CT molecular complexity index is 322. The molecule has 0 aromatic carbocycles. The lowest BCUT2D eigenvalue weighted by atomic mass is 9.96. The van der Waals surface area contributed by atoms with Crippen LogP contribution in [0.15, 0.2) is 0 Å². The Balaban J connectivity index is 1.98. The predicted octanol–water partition coefficient (Wildman–Crippen LogP) is 2.01. The van der Waals surface area contributed by atoms with Crippen LogP contribution in [-0.2, 0) is 4.79 Å². The zero-order chi connectivity index (χ0) is 14.7. The summed E-state index contributed by atoms with van der Waals surface area (Å²) in [5, 5.41) is 9.91. The summed E-state index contributed by atoms with van der Waals surface area (Å²) in [4.78, 5) is 16.9. The third-order valence-corrected chi connectivity index (χ3v) is 5.04. The molecular weight excluding hydrogens is 252 g/mol. The van der Waals surface area contributed by atoms with E-state index in [9.17, 15) is 9.90 Å². The number of piperidine rings is 2. The van der Waals surface area contributed by atoms with Gasteiger partial charge in [-0.3, -0.25) is 9.69 Å². The number of hydrogen-bond donors (Lipinski definition) is 1. The maximum absolute atomic E-state index is 12.7. The number of nitrogens with zero attached hydrogens (tertiary/aromatic N) is 2. The van der Waals surface area contributed by atoms with Crippen LogP contribution in [0.4, 0.5) is 0 Å². The standard InChI is InChI=1S/C16H30N2O2/c1-12-7-6-8-13(2)18(12)16(20)11-17-10-5-4-9-15(17)14(3)19/h12-15,19H,4-11H2,1-3H3. The number of rotatable bonds is 3. The Kier molecular flexibility index (Phi) is 5.44. The minimum Gasteiger partial charge on any atom is -0.392 e. The van der Waals surface area contributed by atoms with Crippen LogP contribution in [0, 0.1) is 0 Å². The highest BCUT2D eigenvalue weighted by Crippen LogP contribution is 2.24. The second kappa shape index (κ2) is 6.90. The van der Waals surface area contributed by atoms with Gasteiger partial charge in [-0.15, -0.1) is 0 Å². The van der Waals surface area contributed by atoms with E-state index >= 15 is 0 Å². The van der Waals surface area contributed by atoms with Gasteiger partial charge in [0.2, 0.25) is 5.91 Å². The maximum Gasteiger partial charge on any atom is 0.237 e. The predicted molar refractivity (Wildman–Crippen MR) is 80.5 cm³/mol. The minimum absolute atomic E-state index is 0.156. The molecule has 116 valence electrons. The van der Waals surface area contributed by atoms with Crippen molar-refractivity contribution in [2.45, 2.75) is 83.5 Å². The normalized spacial score (nSPS) is 34.0. The number of aliphatic hydroxyl groups excluding tert-OH is 1. The Morgan fingerprint density at radius 3 is 2.40 bits per heavy atom. The first-order valence-electron chi connectivity index (χ1n) is 8.24. The molecule has 0 aromatic heterocycles. The second-order valence-corrected chi connectivity index (χ2v) is 6.70. The first-order chi connectivity index (χ1) is 9.50. The van der Waals surface area contributed by atoms with Crippen LogP contribution in [0.5, 0.6) is 0 Å². The number of carbonyl (C=O) groups is 1. The van der Waals surface area contributed by atoms with Crippen LogP contribution in [0.25, 0.3) is 0 Å². The quantitative estimate of drug-likeness (QED) is 0.861.